The van der Waals surface area contributed by atoms with E-state index in [1.54, 1.807) is 6.92 Å². The standard InChI is InChI=1S/C11H14N4O/c1-3-10(14-15-12)11(16)13-9-6-4-8(2)5-7-9/h4-7,10H,3H2,1-2H3,(H,13,16). The summed E-state index contributed by atoms with van der Waals surface area (Å²) >= 11 is 0. The number of aryl methyl sites for hydroxylation is 1. The average Bonchev–Trinajstić information content (AvgIpc) is 2.29. The van der Waals surface area contributed by atoms with Crippen LogP contribution < -0.4 is 5.32 Å². The smallest absolute Gasteiger partial charge is 0.233 e. The van der Waals surface area contributed by atoms with Gasteiger partial charge in [-0.25, -0.2) is 0 Å². The van der Waals surface area contributed by atoms with Crippen LogP contribution in [-0.2, 0) is 4.79 Å². The molecule has 5 nitrogen and oxygen atoms in total. The van der Waals surface area contributed by atoms with E-state index in [2.05, 4.69) is 15.3 Å². The molecule has 0 aliphatic heterocycles. The Hall–Kier alpha value is -2.00. The lowest BCUT2D eigenvalue weighted by Gasteiger charge is -2.09. The van der Waals surface area contributed by atoms with E-state index in [4.69, 9.17) is 5.53 Å². The van der Waals surface area contributed by atoms with Gasteiger partial charge in [0.25, 0.3) is 0 Å². The van der Waals surface area contributed by atoms with Crippen LogP contribution in [0.4, 0.5) is 5.69 Å². The van der Waals surface area contributed by atoms with Gasteiger partial charge >= 0.3 is 0 Å². The summed E-state index contributed by atoms with van der Waals surface area (Å²) in [7, 11) is 0. The van der Waals surface area contributed by atoms with E-state index >= 15 is 0 Å². The molecule has 0 saturated heterocycles. The van der Waals surface area contributed by atoms with Crippen molar-refractivity contribution < 1.29 is 4.79 Å². The third kappa shape index (κ3) is 3.29. The quantitative estimate of drug-likeness (QED) is 0.470. The zero-order valence-corrected chi connectivity index (χ0v) is 9.34. The molecule has 0 spiro atoms. The lowest BCUT2D eigenvalue weighted by molar-refractivity contribution is -0.117. The molecule has 1 amide bonds. The van der Waals surface area contributed by atoms with Crippen molar-refractivity contribution in [3.05, 3.63) is 40.3 Å². The van der Waals surface area contributed by atoms with E-state index in [1.807, 2.05) is 31.2 Å². The van der Waals surface area contributed by atoms with Gasteiger partial charge in [0.1, 0.15) is 6.04 Å². The summed E-state index contributed by atoms with van der Waals surface area (Å²) in [5.74, 6) is -0.274. The Labute approximate surface area is 94.1 Å². The maximum Gasteiger partial charge on any atom is 0.233 e. The normalized spacial score (nSPS) is 11.4. The first kappa shape index (κ1) is 12.1. The Kier molecular flexibility index (Phi) is 4.36. The number of nitrogens with zero attached hydrogens (tertiary/aromatic N) is 3. The molecule has 0 aliphatic rings. The minimum absolute atomic E-state index is 0.274. The van der Waals surface area contributed by atoms with Crippen LogP contribution in [0.1, 0.15) is 18.9 Å². The Morgan fingerprint density at radius 3 is 2.62 bits per heavy atom. The van der Waals surface area contributed by atoms with E-state index in [0.717, 1.165) is 5.56 Å². The first-order valence-electron chi connectivity index (χ1n) is 5.09. The van der Waals surface area contributed by atoms with Crippen LogP contribution in [0.25, 0.3) is 10.4 Å². The number of benzene rings is 1. The maximum atomic E-state index is 11.6. The molecule has 1 unspecified atom stereocenters. The van der Waals surface area contributed by atoms with E-state index in [9.17, 15) is 4.79 Å². The van der Waals surface area contributed by atoms with Gasteiger partial charge < -0.3 is 5.32 Å². The number of hydrogen-bond acceptors (Lipinski definition) is 2. The van der Waals surface area contributed by atoms with Crippen LogP contribution in [0, 0.1) is 6.92 Å². The highest BCUT2D eigenvalue weighted by molar-refractivity contribution is 5.94. The number of amides is 1. The summed E-state index contributed by atoms with van der Waals surface area (Å²) in [6.07, 6.45) is 0.488. The minimum Gasteiger partial charge on any atom is -0.326 e. The zero-order chi connectivity index (χ0) is 12.0. The van der Waals surface area contributed by atoms with E-state index in [0.29, 0.717) is 12.1 Å². The van der Waals surface area contributed by atoms with Gasteiger partial charge in [-0.1, -0.05) is 29.7 Å². The Morgan fingerprint density at radius 1 is 1.50 bits per heavy atom. The van der Waals surface area contributed by atoms with Crippen molar-refractivity contribution >= 4 is 11.6 Å². The van der Waals surface area contributed by atoms with Gasteiger partial charge in [-0.2, -0.15) is 0 Å². The van der Waals surface area contributed by atoms with E-state index in [-0.39, 0.29) is 5.91 Å². The molecule has 0 fully saturated rings. The van der Waals surface area contributed by atoms with Gasteiger partial charge in [0.05, 0.1) is 0 Å². The summed E-state index contributed by atoms with van der Waals surface area (Å²) in [6.45, 7) is 3.77. The van der Waals surface area contributed by atoms with Gasteiger partial charge in [0.15, 0.2) is 0 Å². The van der Waals surface area contributed by atoms with Crippen LogP contribution in [0.5, 0.6) is 0 Å². The van der Waals surface area contributed by atoms with Crippen LogP contribution >= 0.6 is 0 Å². The lowest BCUT2D eigenvalue weighted by Crippen LogP contribution is -2.25. The van der Waals surface area contributed by atoms with Crippen molar-refractivity contribution in [3.8, 4) is 0 Å². The predicted molar refractivity (Wildman–Crippen MR) is 63.0 cm³/mol. The van der Waals surface area contributed by atoms with Crippen molar-refractivity contribution in [2.45, 2.75) is 26.3 Å². The molecule has 0 aliphatic carbocycles. The van der Waals surface area contributed by atoms with Gasteiger partial charge in [0, 0.05) is 10.6 Å². The Morgan fingerprint density at radius 2 is 2.12 bits per heavy atom. The number of anilines is 1. The van der Waals surface area contributed by atoms with Gasteiger partial charge in [-0.05, 0) is 31.0 Å². The molecule has 0 aromatic heterocycles. The molecule has 0 saturated carbocycles. The SMILES string of the molecule is CCC(N=[N+]=[N-])C(=O)Nc1ccc(C)cc1. The second-order valence-electron chi connectivity index (χ2n) is 3.48. The summed E-state index contributed by atoms with van der Waals surface area (Å²) < 4.78 is 0. The minimum atomic E-state index is -0.647. The molecule has 1 aromatic rings. The fourth-order valence-electron chi connectivity index (χ4n) is 1.24. The maximum absolute atomic E-state index is 11.6. The van der Waals surface area contributed by atoms with Gasteiger partial charge in [0.2, 0.25) is 5.91 Å². The Balaban J connectivity index is 2.69. The second-order valence-corrected chi connectivity index (χ2v) is 3.48. The molecule has 5 heteroatoms. The van der Waals surface area contributed by atoms with Crippen molar-refractivity contribution in [3.63, 3.8) is 0 Å². The van der Waals surface area contributed by atoms with Gasteiger partial charge in [-0.15, -0.1) is 0 Å². The van der Waals surface area contributed by atoms with Crippen molar-refractivity contribution in [1.82, 2.24) is 0 Å². The molecule has 1 rings (SSSR count). The number of carbonyl (C=O) groups is 1. The van der Waals surface area contributed by atoms with Crippen molar-refractivity contribution in [1.29, 1.82) is 0 Å². The average molecular weight is 218 g/mol. The van der Waals surface area contributed by atoms with Crippen LogP contribution in [0.3, 0.4) is 0 Å². The van der Waals surface area contributed by atoms with Crippen molar-refractivity contribution in [2.24, 2.45) is 5.11 Å². The topological polar surface area (TPSA) is 77.9 Å². The molecule has 0 heterocycles. The molecule has 84 valence electrons. The summed E-state index contributed by atoms with van der Waals surface area (Å²) in [6, 6.07) is 6.80. The van der Waals surface area contributed by atoms with Gasteiger partial charge in [-0.3, -0.25) is 4.79 Å². The number of rotatable bonds is 4. The number of hydrogen-bond donors (Lipinski definition) is 1. The molecule has 1 aromatic carbocycles. The number of azide groups is 1. The molecule has 16 heavy (non-hydrogen) atoms. The zero-order valence-electron chi connectivity index (χ0n) is 9.34. The monoisotopic (exact) mass is 218 g/mol. The molecular formula is C11H14N4O. The number of carbonyl (C=O) groups excluding carboxylic acids is 1. The predicted octanol–water partition coefficient (Wildman–Crippen LogP) is 3.02. The van der Waals surface area contributed by atoms with Crippen LogP contribution in [-0.4, -0.2) is 11.9 Å². The van der Waals surface area contributed by atoms with Crippen molar-refractivity contribution in [2.75, 3.05) is 5.32 Å². The highest BCUT2D eigenvalue weighted by Crippen LogP contribution is 2.10. The number of nitrogens with one attached hydrogen (secondary N) is 1. The van der Waals surface area contributed by atoms with Crippen LogP contribution in [0.2, 0.25) is 0 Å². The van der Waals surface area contributed by atoms with E-state index in [1.165, 1.54) is 0 Å². The fourth-order valence-corrected chi connectivity index (χ4v) is 1.24. The second kappa shape index (κ2) is 5.78. The molecule has 0 bridgehead atoms. The summed E-state index contributed by atoms with van der Waals surface area (Å²) in [5.41, 5.74) is 10.1. The first-order chi connectivity index (χ1) is 7.67. The highest BCUT2D eigenvalue weighted by Gasteiger charge is 2.14. The molecule has 1 atom stereocenters. The molecule has 1 N–H and O–H groups in total. The molecule has 0 radical (unpaired) electrons. The van der Waals surface area contributed by atoms with E-state index < -0.39 is 6.04 Å². The lowest BCUT2D eigenvalue weighted by atomic mass is 10.2. The molecular weight excluding hydrogens is 204 g/mol. The first-order valence-corrected chi connectivity index (χ1v) is 5.09. The third-order valence-corrected chi connectivity index (χ3v) is 2.20. The van der Waals surface area contributed by atoms with Crippen LogP contribution in [0.15, 0.2) is 29.4 Å². The highest BCUT2D eigenvalue weighted by atomic mass is 16.2. The third-order valence-electron chi connectivity index (χ3n) is 2.20. The largest absolute Gasteiger partial charge is 0.326 e. The summed E-state index contributed by atoms with van der Waals surface area (Å²) in [5, 5.41) is 6.13. The summed E-state index contributed by atoms with van der Waals surface area (Å²) in [4.78, 5) is 14.3. The Bertz CT molecular complexity index is 406. The fraction of sp³-hybridized carbons (Fsp3) is 0.364.